The normalized spacial score (nSPS) is 15.7. The number of nitrogens with one attached hydrogen (secondary N) is 1. The van der Waals surface area contributed by atoms with Crippen LogP contribution in [0.15, 0.2) is 36.7 Å². The molecule has 1 aromatic heterocycles. The Hall–Kier alpha value is -2.05. The van der Waals surface area contributed by atoms with Crippen molar-refractivity contribution in [3.05, 3.63) is 41.7 Å². The average molecular weight is 334 g/mol. The van der Waals surface area contributed by atoms with Crippen LogP contribution in [0, 0.1) is 0 Å². The molecule has 1 N–H and O–H groups in total. The summed E-state index contributed by atoms with van der Waals surface area (Å²) in [5.41, 5.74) is 0.998. The number of nitrogens with zero attached hydrogens (tertiary/aromatic N) is 4. The zero-order valence-electron chi connectivity index (χ0n) is 13.1. The van der Waals surface area contributed by atoms with Crippen LogP contribution in [0.4, 0.5) is 5.95 Å². The third-order valence-electron chi connectivity index (χ3n) is 4.01. The molecule has 2 aromatic rings. The van der Waals surface area contributed by atoms with Gasteiger partial charge in [0.05, 0.1) is 6.54 Å². The number of likely N-dealkylation sites (N-methyl/N-ethyl adjacent to an activating group) is 1. The van der Waals surface area contributed by atoms with Gasteiger partial charge in [-0.05, 0) is 18.2 Å². The highest BCUT2D eigenvalue weighted by atomic mass is 35.5. The second-order valence-electron chi connectivity index (χ2n) is 5.51. The van der Waals surface area contributed by atoms with Crippen LogP contribution in [0.2, 0.25) is 5.02 Å². The van der Waals surface area contributed by atoms with E-state index in [1.54, 1.807) is 13.2 Å². The van der Waals surface area contributed by atoms with Gasteiger partial charge in [-0.1, -0.05) is 17.7 Å². The minimum Gasteiger partial charge on any atom is -0.358 e. The maximum absolute atomic E-state index is 11.5. The molecule has 0 aliphatic carbocycles. The summed E-state index contributed by atoms with van der Waals surface area (Å²) in [6.07, 6.45) is 3.74. The monoisotopic (exact) mass is 333 g/mol. The number of aromatic nitrogens is 2. The van der Waals surface area contributed by atoms with Gasteiger partial charge in [-0.2, -0.15) is 0 Å². The Labute approximate surface area is 140 Å². The summed E-state index contributed by atoms with van der Waals surface area (Å²) < 4.78 is 2.04. The lowest BCUT2D eigenvalue weighted by Crippen LogP contribution is -2.49. The van der Waals surface area contributed by atoms with Gasteiger partial charge < -0.3 is 10.2 Å². The van der Waals surface area contributed by atoms with Crippen molar-refractivity contribution in [2.45, 2.75) is 0 Å². The Morgan fingerprint density at radius 1 is 1.30 bits per heavy atom. The van der Waals surface area contributed by atoms with E-state index in [1.165, 1.54) is 0 Å². The first-order valence-corrected chi connectivity index (χ1v) is 8.02. The first-order valence-electron chi connectivity index (χ1n) is 7.64. The molecule has 0 radical (unpaired) electrons. The molecule has 2 heterocycles. The van der Waals surface area contributed by atoms with Crippen LogP contribution in [0.3, 0.4) is 0 Å². The van der Waals surface area contributed by atoms with Gasteiger partial charge in [0.1, 0.15) is 0 Å². The topological polar surface area (TPSA) is 53.4 Å². The number of hydrogen-bond donors (Lipinski definition) is 1. The van der Waals surface area contributed by atoms with Crippen molar-refractivity contribution in [1.82, 2.24) is 19.8 Å². The molecule has 1 aliphatic rings. The van der Waals surface area contributed by atoms with E-state index >= 15 is 0 Å². The van der Waals surface area contributed by atoms with Gasteiger partial charge in [-0.3, -0.25) is 14.3 Å². The molecular formula is C16H20ClN5O. The van der Waals surface area contributed by atoms with Crippen LogP contribution in [-0.4, -0.2) is 60.1 Å². The SMILES string of the molecule is CNC(=O)CN1CCN(c2nccn2-c2cccc(Cl)c2)CC1. The number of carbonyl (C=O) groups is 1. The number of halogens is 1. The predicted octanol–water partition coefficient (Wildman–Crippen LogP) is 1.39. The Kier molecular flexibility index (Phi) is 4.83. The highest BCUT2D eigenvalue weighted by Gasteiger charge is 2.21. The van der Waals surface area contributed by atoms with Gasteiger partial charge >= 0.3 is 0 Å². The Bertz CT molecular complexity index is 679. The van der Waals surface area contributed by atoms with Crippen molar-refractivity contribution in [2.75, 3.05) is 44.7 Å². The second kappa shape index (κ2) is 7.02. The molecular weight excluding hydrogens is 314 g/mol. The van der Waals surface area contributed by atoms with Crippen LogP contribution in [-0.2, 0) is 4.79 Å². The number of carbonyl (C=O) groups excluding carboxylic acids is 1. The molecule has 3 rings (SSSR count). The smallest absolute Gasteiger partial charge is 0.233 e. The number of hydrogen-bond acceptors (Lipinski definition) is 4. The van der Waals surface area contributed by atoms with E-state index in [4.69, 9.17) is 11.6 Å². The van der Waals surface area contributed by atoms with Crippen molar-refractivity contribution >= 4 is 23.5 Å². The second-order valence-corrected chi connectivity index (χ2v) is 5.95. The number of anilines is 1. The van der Waals surface area contributed by atoms with Crippen LogP contribution in [0.25, 0.3) is 5.69 Å². The van der Waals surface area contributed by atoms with Crippen LogP contribution >= 0.6 is 11.6 Å². The fourth-order valence-corrected chi connectivity index (χ4v) is 2.93. The minimum absolute atomic E-state index is 0.0545. The predicted molar refractivity (Wildman–Crippen MR) is 91.3 cm³/mol. The first kappa shape index (κ1) is 15.8. The van der Waals surface area contributed by atoms with E-state index in [0.29, 0.717) is 11.6 Å². The molecule has 1 fully saturated rings. The molecule has 23 heavy (non-hydrogen) atoms. The van der Waals surface area contributed by atoms with Crippen LogP contribution in [0.5, 0.6) is 0 Å². The molecule has 1 amide bonds. The van der Waals surface area contributed by atoms with Gasteiger partial charge in [0.2, 0.25) is 11.9 Å². The van der Waals surface area contributed by atoms with Gasteiger partial charge in [0, 0.05) is 56.3 Å². The zero-order chi connectivity index (χ0) is 16.2. The number of piperazine rings is 1. The summed E-state index contributed by atoms with van der Waals surface area (Å²) in [6.45, 7) is 3.82. The molecule has 0 spiro atoms. The molecule has 6 nitrogen and oxygen atoms in total. The third kappa shape index (κ3) is 3.65. The van der Waals surface area contributed by atoms with E-state index in [0.717, 1.165) is 37.8 Å². The minimum atomic E-state index is 0.0545. The fourth-order valence-electron chi connectivity index (χ4n) is 2.75. The lowest BCUT2D eigenvalue weighted by atomic mass is 10.3. The Morgan fingerprint density at radius 3 is 2.78 bits per heavy atom. The average Bonchev–Trinajstić information content (AvgIpc) is 3.05. The summed E-state index contributed by atoms with van der Waals surface area (Å²) in [5.74, 6) is 0.964. The molecule has 0 unspecified atom stereocenters. The number of imidazole rings is 1. The molecule has 122 valence electrons. The fraction of sp³-hybridized carbons (Fsp3) is 0.375. The van der Waals surface area contributed by atoms with Gasteiger partial charge in [0.15, 0.2) is 0 Å². The van der Waals surface area contributed by atoms with Crippen LogP contribution in [0.1, 0.15) is 0 Å². The van der Waals surface area contributed by atoms with Crippen LogP contribution < -0.4 is 10.2 Å². The number of benzene rings is 1. The van der Waals surface area contributed by atoms with Crippen molar-refractivity contribution in [2.24, 2.45) is 0 Å². The lowest BCUT2D eigenvalue weighted by Gasteiger charge is -2.35. The van der Waals surface area contributed by atoms with E-state index in [9.17, 15) is 4.79 Å². The molecule has 1 aliphatic heterocycles. The lowest BCUT2D eigenvalue weighted by molar-refractivity contribution is -0.121. The number of rotatable bonds is 4. The molecule has 0 bridgehead atoms. The summed E-state index contributed by atoms with van der Waals surface area (Å²) in [4.78, 5) is 20.4. The summed E-state index contributed by atoms with van der Waals surface area (Å²) >= 11 is 6.09. The summed E-state index contributed by atoms with van der Waals surface area (Å²) in [6, 6.07) is 7.73. The molecule has 0 atom stereocenters. The van der Waals surface area contributed by atoms with Crippen molar-refractivity contribution in [3.8, 4) is 5.69 Å². The van der Waals surface area contributed by atoms with E-state index in [2.05, 4.69) is 20.1 Å². The van der Waals surface area contributed by atoms with Gasteiger partial charge in [-0.25, -0.2) is 4.98 Å². The standard InChI is InChI=1S/C16H20ClN5O/c1-18-15(23)12-20-7-9-21(10-8-20)16-19-5-6-22(16)14-4-2-3-13(17)11-14/h2-6,11H,7-10,12H2,1H3,(H,18,23). The highest BCUT2D eigenvalue weighted by molar-refractivity contribution is 6.30. The van der Waals surface area contributed by atoms with Gasteiger partial charge in [0.25, 0.3) is 0 Å². The first-order chi connectivity index (χ1) is 11.2. The maximum Gasteiger partial charge on any atom is 0.233 e. The van der Waals surface area contributed by atoms with E-state index in [1.807, 2.05) is 35.0 Å². The largest absolute Gasteiger partial charge is 0.358 e. The molecule has 1 saturated heterocycles. The summed E-state index contributed by atoms with van der Waals surface area (Å²) in [5, 5.41) is 3.37. The van der Waals surface area contributed by atoms with Gasteiger partial charge in [-0.15, -0.1) is 0 Å². The number of amides is 1. The Balaban J connectivity index is 1.70. The summed E-state index contributed by atoms with van der Waals surface area (Å²) in [7, 11) is 1.67. The quantitative estimate of drug-likeness (QED) is 0.919. The van der Waals surface area contributed by atoms with Crippen molar-refractivity contribution in [3.63, 3.8) is 0 Å². The Morgan fingerprint density at radius 2 is 2.09 bits per heavy atom. The molecule has 7 heteroatoms. The zero-order valence-corrected chi connectivity index (χ0v) is 13.8. The van der Waals surface area contributed by atoms with Crippen molar-refractivity contribution < 1.29 is 4.79 Å². The van der Waals surface area contributed by atoms with E-state index in [-0.39, 0.29) is 5.91 Å². The van der Waals surface area contributed by atoms with E-state index < -0.39 is 0 Å². The van der Waals surface area contributed by atoms with Crippen molar-refractivity contribution in [1.29, 1.82) is 0 Å². The molecule has 1 aromatic carbocycles. The third-order valence-corrected chi connectivity index (χ3v) is 4.24. The highest BCUT2D eigenvalue weighted by Crippen LogP contribution is 2.21. The maximum atomic E-state index is 11.5. The molecule has 0 saturated carbocycles.